The van der Waals surface area contributed by atoms with Crippen molar-refractivity contribution in [1.29, 1.82) is 5.26 Å². The lowest BCUT2D eigenvalue weighted by Crippen LogP contribution is -2.45. The van der Waals surface area contributed by atoms with Crippen LogP contribution in [0.3, 0.4) is 0 Å². The molecule has 5 nitrogen and oxygen atoms in total. The number of hydrogen-bond donors (Lipinski definition) is 1. The van der Waals surface area contributed by atoms with Gasteiger partial charge in [-0.25, -0.2) is 0 Å². The molecule has 1 atom stereocenters. The highest BCUT2D eigenvalue weighted by Crippen LogP contribution is 2.02. The van der Waals surface area contributed by atoms with Crippen LogP contribution >= 0.6 is 0 Å². The molecule has 0 saturated carbocycles. The number of morpholine rings is 1. The predicted octanol–water partition coefficient (Wildman–Crippen LogP) is -0.696. The van der Waals surface area contributed by atoms with E-state index in [1.54, 1.807) is 4.90 Å². The fourth-order valence-electron chi connectivity index (χ4n) is 1.19. The van der Waals surface area contributed by atoms with Crippen molar-refractivity contribution in [2.75, 3.05) is 26.2 Å². The van der Waals surface area contributed by atoms with Crippen LogP contribution in [0.5, 0.6) is 0 Å². The molecule has 72 valence electrons. The summed E-state index contributed by atoms with van der Waals surface area (Å²) in [5.41, 5.74) is 0. The van der Waals surface area contributed by atoms with Gasteiger partial charge in [0.25, 0.3) is 0 Å². The Hall–Kier alpha value is -1.28. The van der Waals surface area contributed by atoms with Crippen molar-refractivity contribution in [3.05, 3.63) is 0 Å². The Balaban J connectivity index is 2.27. The molecule has 1 unspecified atom stereocenters. The Morgan fingerprint density at radius 1 is 1.85 bits per heavy atom. The second kappa shape index (κ2) is 4.67. The second-order valence-electron chi connectivity index (χ2n) is 2.98. The normalized spacial score (nSPS) is 22.2. The zero-order chi connectivity index (χ0) is 9.68. The number of rotatable bonds is 2. The summed E-state index contributed by atoms with van der Waals surface area (Å²) in [5, 5.41) is 11.3. The minimum atomic E-state index is -0.0716. The summed E-state index contributed by atoms with van der Waals surface area (Å²) < 4.78 is 5.35. The van der Waals surface area contributed by atoms with Crippen LogP contribution in [-0.4, -0.2) is 43.2 Å². The summed E-state index contributed by atoms with van der Waals surface area (Å²) in [6.07, 6.45) is 2.00. The predicted molar refractivity (Wildman–Crippen MR) is 45.6 cm³/mol. The maximum atomic E-state index is 10.6. The minimum Gasteiger partial charge on any atom is -0.373 e. The average Bonchev–Trinajstić information content (AvgIpc) is 2.15. The Labute approximate surface area is 77.3 Å². The van der Waals surface area contributed by atoms with Crippen LogP contribution in [0.1, 0.15) is 6.92 Å². The lowest BCUT2D eigenvalue weighted by molar-refractivity contribution is -0.120. The van der Waals surface area contributed by atoms with Gasteiger partial charge in [0, 0.05) is 13.5 Å². The fraction of sp³-hybridized carbons (Fsp3) is 0.750. The van der Waals surface area contributed by atoms with Crippen molar-refractivity contribution >= 4 is 5.91 Å². The van der Waals surface area contributed by atoms with E-state index in [0.717, 1.165) is 0 Å². The van der Waals surface area contributed by atoms with Crippen LogP contribution in [0.4, 0.5) is 0 Å². The Morgan fingerprint density at radius 2 is 2.62 bits per heavy atom. The van der Waals surface area contributed by atoms with Crippen molar-refractivity contribution < 1.29 is 9.53 Å². The number of ether oxygens (including phenoxy) is 1. The molecule has 0 bridgehead atoms. The summed E-state index contributed by atoms with van der Waals surface area (Å²) in [6.45, 7) is 3.71. The highest BCUT2D eigenvalue weighted by Gasteiger charge is 2.19. The molecular weight excluding hydrogens is 170 g/mol. The van der Waals surface area contributed by atoms with Crippen LogP contribution < -0.4 is 5.32 Å². The third-order valence-electron chi connectivity index (χ3n) is 1.86. The Kier molecular flexibility index (Phi) is 3.53. The molecule has 1 heterocycles. The molecule has 1 aliphatic heterocycles. The van der Waals surface area contributed by atoms with Crippen LogP contribution in [0.25, 0.3) is 0 Å². The van der Waals surface area contributed by atoms with Crippen molar-refractivity contribution in [2.45, 2.75) is 13.0 Å². The molecule has 1 saturated heterocycles. The minimum absolute atomic E-state index is 0.0581. The van der Waals surface area contributed by atoms with Crippen LogP contribution in [0.2, 0.25) is 0 Å². The van der Waals surface area contributed by atoms with E-state index in [1.807, 2.05) is 0 Å². The molecule has 5 heteroatoms. The third-order valence-corrected chi connectivity index (χ3v) is 1.86. The van der Waals surface area contributed by atoms with Crippen molar-refractivity contribution in [2.24, 2.45) is 0 Å². The van der Waals surface area contributed by atoms with Crippen LogP contribution in [0.15, 0.2) is 0 Å². The van der Waals surface area contributed by atoms with Gasteiger partial charge in [-0.3, -0.25) is 4.79 Å². The number of carbonyl (C=O) groups excluding carboxylic acids is 1. The zero-order valence-electron chi connectivity index (χ0n) is 7.62. The second-order valence-corrected chi connectivity index (χ2v) is 2.98. The Bertz CT molecular complexity index is 224. The van der Waals surface area contributed by atoms with Crippen LogP contribution in [0, 0.1) is 11.5 Å². The fourth-order valence-corrected chi connectivity index (χ4v) is 1.19. The molecule has 0 aromatic rings. The van der Waals surface area contributed by atoms with E-state index >= 15 is 0 Å². The number of carbonyl (C=O) groups is 1. The first kappa shape index (κ1) is 9.81. The molecule has 13 heavy (non-hydrogen) atoms. The topological polar surface area (TPSA) is 65.4 Å². The van der Waals surface area contributed by atoms with Gasteiger partial charge in [-0.05, 0) is 0 Å². The number of hydrogen-bond acceptors (Lipinski definition) is 4. The molecule has 0 aromatic heterocycles. The van der Waals surface area contributed by atoms with Gasteiger partial charge in [-0.2, -0.15) is 5.26 Å². The first-order valence-electron chi connectivity index (χ1n) is 4.23. The molecule has 1 rings (SSSR count). The van der Waals surface area contributed by atoms with E-state index in [1.165, 1.54) is 6.92 Å². The lowest BCUT2D eigenvalue weighted by Gasteiger charge is -2.28. The first-order valence-corrected chi connectivity index (χ1v) is 4.23. The van der Waals surface area contributed by atoms with Crippen LogP contribution in [-0.2, 0) is 9.53 Å². The van der Waals surface area contributed by atoms with Gasteiger partial charge in [0.15, 0.2) is 6.19 Å². The SMILES string of the molecule is CC(=O)NCC1CN(C#N)CCO1. The average molecular weight is 183 g/mol. The third kappa shape index (κ3) is 3.30. The van der Waals surface area contributed by atoms with Gasteiger partial charge in [-0.15, -0.1) is 0 Å². The molecule has 0 aliphatic carbocycles. The van der Waals surface area contributed by atoms with Crippen molar-refractivity contribution in [3.8, 4) is 6.19 Å². The highest BCUT2D eigenvalue weighted by atomic mass is 16.5. The smallest absolute Gasteiger partial charge is 0.216 e. The van der Waals surface area contributed by atoms with E-state index < -0.39 is 0 Å². The largest absolute Gasteiger partial charge is 0.373 e. The first-order chi connectivity index (χ1) is 6.22. The summed E-state index contributed by atoms with van der Waals surface area (Å²) >= 11 is 0. The zero-order valence-corrected chi connectivity index (χ0v) is 7.62. The number of nitrogens with zero attached hydrogens (tertiary/aromatic N) is 2. The number of nitriles is 1. The summed E-state index contributed by atoms with van der Waals surface area (Å²) in [5.74, 6) is -0.0716. The standard InChI is InChI=1S/C8H13N3O2/c1-7(12)10-4-8-5-11(6-9)2-3-13-8/h8H,2-5H2,1H3,(H,10,12). The molecule has 1 amide bonds. The van der Waals surface area contributed by atoms with Gasteiger partial charge >= 0.3 is 0 Å². The summed E-state index contributed by atoms with van der Waals surface area (Å²) in [7, 11) is 0. The van der Waals surface area contributed by atoms with Crippen molar-refractivity contribution in [3.63, 3.8) is 0 Å². The molecule has 0 radical (unpaired) electrons. The summed E-state index contributed by atoms with van der Waals surface area (Å²) in [4.78, 5) is 12.2. The molecule has 1 fully saturated rings. The molecule has 0 spiro atoms. The number of nitrogens with one attached hydrogen (secondary N) is 1. The monoisotopic (exact) mass is 183 g/mol. The van der Waals surface area contributed by atoms with Crippen molar-refractivity contribution in [1.82, 2.24) is 10.2 Å². The Morgan fingerprint density at radius 3 is 3.23 bits per heavy atom. The maximum Gasteiger partial charge on any atom is 0.216 e. The van der Waals surface area contributed by atoms with Gasteiger partial charge in [-0.1, -0.05) is 0 Å². The van der Waals surface area contributed by atoms with E-state index in [4.69, 9.17) is 10.00 Å². The molecule has 0 aromatic carbocycles. The van der Waals surface area contributed by atoms with Gasteiger partial charge < -0.3 is 15.0 Å². The molecular formula is C8H13N3O2. The number of amides is 1. The summed E-state index contributed by atoms with van der Waals surface area (Å²) in [6, 6.07) is 0. The highest BCUT2D eigenvalue weighted by molar-refractivity contribution is 5.72. The van der Waals surface area contributed by atoms with Gasteiger partial charge in [0.1, 0.15) is 0 Å². The van der Waals surface area contributed by atoms with E-state index in [2.05, 4.69) is 11.5 Å². The quantitative estimate of drug-likeness (QED) is 0.575. The van der Waals surface area contributed by atoms with E-state index in [0.29, 0.717) is 26.2 Å². The van der Waals surface area contributed by atoms with Gasteiger partial charge in [0.2, 0.25) is 5.91 Å². The lowest BCUT2D eigenvalue weighted by atomic mass is 10.3. The maximum absolute atomic E-state index is 10.6. The van der Waals surface area contributed by atoms with Gasteiger partial charge in [0.05, 0.1) is 25.8 Å². The molecule has 1 aliphatic rings. The van der Waals surface area contributed by atoms with E-state index in [-0.39, 0.29) is 12.0 Å². The van der Waals surface area contributed by atoms with E-state index in [9.17, 15) is 4.79 Å². The molecule has 1 N–H and O–H groups in total.